The van der Waals surface area contributed by atoms with Crippen molar-refractivity contribution in [2.75, 3.05) is 11.9 Å². The summed E-state index contributed by atoms with van der Waals surface area (Å²) in [6.07, 6.45) is 4.68. The Bertz CT molecular complexity index is 965. The fraction of sp³-hybridized carbons (Fsp3) is 0.300. The number of nitrogens with one attached hydrogen (secondary N) is 1. The third-order valence-electron chi connectivity index (χ3n) is 4.77. The molecule has 0 unspecified atom stereocenters. The van der Waals surface area contributed by atoms with Crippen LogP contribution >= 0.6 is 0 Å². The van der Waals surface area contributed by atoms with Gasteiger partial charge < -0.3 is 14.7 Å². The number of amides is 1. The van der Waals surface area contributed by atoms with Crippen LogP contribution in [0, 0.1) is 6.92 Å². The lowest BCUT2D eigenvalue weighted by Crippen LogP contribution is -2.36. The van der Waals surface area contributed by atoms with Crippen molar-refractivity contribution in [2.24, 2.45) is 0 Å². The van der Waals surface area contributed by atoms with Gasteiger partial charge in [-0.1, -0.05) is 30.3 Å². The second kappa shape index (κ2) is 7.19. The molecule has 1 aliphatic heterocycles. The zero-order valence-electron chi connectivity index (χ0n) is 15.4. The van der Waals surface area contributed by atoms with Crippen molar-refractivity contribution in [3.05, 3.63) is 64.9 Å². The summed E-state index contributed by atoms with van der Waals surface area (Å²) in [5.41, 5.74) is 4.26. The zero-order chi connectivity index (χ0) is 18.8. The average molecular weight is 363 g/mol. The zero-order valence-corrected chi connectivity index (χ0v) is 15.4. The number of carbonyl (C=O) groups excluding carboxylic acids is 1. The topological polar surface area (TPSA) is 84.2 Å². The first kappa shape index (κ1) is 17.2. The number of hydrogen-bond acceptors (Lipinski definition) is 6. The highest BCUT2D eigenvalue weighted by atomic mass is 16.5. The summed E-state index contributed by atoms with van der Waals surface area (Å²) in [5, 5.41) is 7.56. The van der Waals surface area contributed by atoms with E-state index in [2.05, 4.69) is 33.4 Å². The van der Waals surface area contributed by atoms with Crippen LogP contribution < -0.4 is 5.32 Å². The molecule has 0 bridgehead atoms. The van der Waals surface area contributed by atoms with E-state index in [-0.39, 0.29) is 5.91 Å². The molecular weight excluding hydrogens is 342 g/mol. The van der Waals surface area contributed by atoms with Gasteiger partial charge in [-0.05, 0) is 25.0 Å². The SMILES string of the molecule is CCc1ccccc1Nc1noc2c1CN(C(=O)c1cnc(C)cn1)CC2. The van der Waals surface area contributed by atoms with Crippen molar-refractivity contribution in [1.29, 1.82) is 0 Å². The van der Waals surface area contributed by atoms with Crippen LogP contribution in [-0.2, 0) is 19.4 Å². The molecule has 1 aliphatic rings. The van der Waals surface area contributed by atoms with Crippen molar-refractivity contribution in [3.8, 4) is 0 Å². The minimum absolute atomic E-state index is 0.130. The number of nitrogens with zero attached hydrogens (tertiary/aromatic N) is 4. The number of carbonyl (C=O) groups is 1. The quantitative estimate of drug-likeness (QED) is 0.766. The predicted octanol–water partition coefficient (Wildman–Crippen LogP) is 3.28. The van der Waals surface area contributed by atoms with Crippen molar-refractivity contribution in [1.82, 2.24) is 20.0 Å². The Balaban J connectivity index is 1.56. The lowest BCUT2D eigenvalue weighted by atomic mass is 10.1. The third kappa shape index (κ3) is 3.40. The van der Waals surface area contributed by atoms with Crippen LogP contribution in [0.15, 0.2) is 41.2 Å². The van der Waals surface area contributed by atoms with E-state index in [4.69, 9.17) is 4.52 Å². The summed E-state index contributed by atoms with van der Waals surface area (Å²) < 4.78 is 5.50. The van der Waals surface area contributed by atoms with Gasteiger partial charge in [0.1, 0.15) is 11.5 Å². The van der Waals surface area contributed by atoms with Gasteiger partial charge in [0.2, 0.25) is 0 Å². The maximum Gasteiger partial charge on any atom is 0.274 e. The monoisotopic (exact) mass is 363 g/mol. The number of anilines is 2. The van der Waals surface area contributed by atoms with Crippen LogP contribution in [0.5, 0.6) is 0 Å². The van der Waals surface area contributed by atoms with Gasteiger partial charge in [0.05, 0.1) is 24.0 Å². The Hall–Kier alpha value is -3.22. The van der Waals surface area contributed by atoms with E-state index in [1.165, 1.54) is 11.8 Å². The van der Waals surface area contributed by atoms with Gasteiger partial charge in [-0.15, -0.1) is 0 Å². The summed E-state index contributed by atoms with van der Waals surface area (Å²) >= 11 is 0. The Labute approximate surface area is 157 Å². The third-order valence-corrected chi connectivity index (χ3v) is 4.77. The molecule has 27 heavy (non-hydrogen) atoms. The molecule has 0 spiro atoms. The van der Waals surface area contributed by atoms with E-state index in [1.54, 1.807) is 11.1 Å². The summed E-state index contributed by atoms with van der Waals surface area (Å²) in [5.74, 6) is 1.36. The fourth-order valence-corrected chi connectivity index (χ4v) is 3.22. The Morgan fingerprint density at radius 3 is 2.89 bits per heavy atom. The van der Waals surface area contributed by atoms with Crippen LogP contribution in [0.4, 0.5) is 11.5 Å². The number of rotatable bonds is 4. The average Bonchev–Trinajstić information content (AvgIpc) is 3.10. The Morgan fingerprint density at radius 1 is 1.26 bits per heavy atom. The second-order valence-corrected chi connectivity index (χ2v) is 6.59. The molecule has 3 heterocycles. The van der Waals surface area contributed by atoms with Gasteiger partial charge >= 0.3 is 0 Å². The number of fused-ring (bicyclic) bond motifs is 1. The molecule has 7 heteroatoms. The molecular formula is C20H21N5O2. The van der Waals surface area contributed by atoms with Crippen molar-refractivity contribution in [2.45, 2.75) is 33.2 Å². The van der Waals surface area contributed by atoms with Gasteiger partial charge in [0.25, 0.3) is 5.91 Å². The smallest absolute Gasteiger partial charge is 0.274 e. The number of aromatic nitrogens is 3. The van der Waals surface area contributed by atoms with E-state index in [9.17, 15) is 4.79 Å². The standard InChI is InChI=1S/C20H21N5O2/c1-3-14-6-4-5-7-16(14)23-19-15-12-25(9-8-18(15)27-24-19)20(26)17-11-21-13(2)10-22-17/h4-7,10-11H,3,8-9,12H2,1-2H3,(H,23,24). The molecule has 1 amide bonds. The molecule has 138 valence electrons. The lowest BCUT2D eigenvalue weighted by Gasteiger charge is -2.26. The van der Waals surface area contributed by atoms with Crippen molar-refractivity contribution in [3.63, 3.8) is 0 Å². The molecule has 1 N–H and O–H groups in total. The van der Waals surface area contributed by atoms with Crippen LogP contribution in [-0.4, -0.2) is 32.5 Å². The molecule has 0 fully saturated rings. The van der Waals surface area contributed by atoms with Gasteiger partial charge in [-0.3, -0.25) is 9.78 Å². The predicted molar refractivity (Wildman–Crippen MR) is 101 cm³/mol. The number of benzene rings is 1. The maximum absolute atomic E-state index is 12.8. The molecule has 0 saturated heterocycles. The van der Waals surface area contributed by atoms with Crippen LogP contribution in [0.2, 0.25) is 0 Å². The van der Waals surface area contributed by atoms with Gasteiger partial charge in [-0.2, -0.15) is 0 Å². The summed E-state index contributed by atoms with van der Waals surface area (Å²) in [6, 6.07) is 8.11. The summed E-state index contributed by atoms with van der Waals surface area (Å²) in [6.45, 7) is 4.96. The maximum atomic E-state index is 12.8. The number of hydrogen-bond donors (Lipinski definition) is 1. The van der Waals surface area contributed by atoms with Crippen molar-refractivity contribution >= 4 is 17.4 Å². The molecule has 4 rings (SSSR count). The lowest BCUT2D eigenvalue weighted by molar-refractivity contribution is 0.0722. The van der Waals surface area contributed by atoms with Crippen LogP contribution in [0.25, 0.3) is 0 Å². The molecule has 0 saturated carbocycles. The van der Waals surface area contributed by atoms with Gasteiger partial charge in [0.15, 0.2) is 5.82 Å². The molecule has 0 atom stereocenters. The molecule has 0 radical (unpaired) electrons. The molecule has 3 aromatic rings. The highest BCUT2D eigenvalue weighted by Gasteiger charge is 2.28. The number of aryl methyl sites for hydroxylation is 2. The normalized spacial score (nSPS) is 13.3. The minimum atomic E-state index is -0.130. The fourth-order valence-electron chi connectivity index (χ4n) is 3.22. The van der Waals surface area contributed by atoms with Crippen molar-refractivity contribution < 1.29 is 9.32 Å². The van der Waals surface area contributed by atoms with E-state index >= 15 is 0 Å². The first-order valence-corrected chi connectivity index (χ1v) is 9.06. The molecule has 2 aromatic heterocycles. The second-order valence-electron chi connectivity index (χ2n) is 6.59. The van der Waals surface area contributed by atoms with E-state index in [0.29, 0.717) is 31.0 Å². The highest BCUT2D eigenvalue weighted by Crippen LogP contribution is 2.30. The van der Waals surface area contributed by atoms with E-state index < -0.39 is 0 Å². The summed E-state index contributed by atoms with van der Waals surface area (Å²) in [4.78, 5) is 22.9. The Kier molecular flexibility index (Phi) is 4.58. The van der Waals surface area contributed by atoms with E-state index in [0.717, 1.165) is 29.1 Å². The van der Waals surface area contributed by atoms with Gasteiger partial charge in [0, 0.05) is 24.8 Å². The van der Waals surface area contributed by atoms with Gasteiger partial charge in [-0.25, -0.2) is 4.98 Å². The first-order chi connectivity index (χ1) is 13.2. The van der Waals surface area contributed by atoms with E-state index in [1.807, 2.05) is 25.1 Å². The summed E-state index contributed by atoms with van der Waals surface area (Å²) in [7, 11) is 0. The first-order valence-electron chi connectivity index (χ1n) is 9.06. The molecule has 7 nitrogen and oxygen atoms in total. The largest absolute Gasteiger partial charge is 0.359 e. The van der Waals surface area contributed by atoms with Crippen LogP contribution in [0.1, 0.15) is 40.0 Å². The number of para-hydroxylation sites is 1. The van der Waals surface area contributed by atoms with Crippen LogP contribution in [0.3, 0.4) is 0 Å². The Morgan fingerprint density at radius 2 is 2.11 bits per heavy atom. The minimum Gasteiger partial charge on any atom is -0.359 e. The molecule has 0 aliphatic carbocycles. The molecule has 1 aromatic carbocycles. The highest BCUT2D eigenvalue weighted by molar-refractivity contribution is 5.92.